The molecule has 0 aromatic rings. The molecule has 1 heterocycles. The summed E-state index contributed by atoms with van der Waals surface area (Å²) in [5.74, 6) is 0.115. The number of rotatable bonds is 12. The molecule has 2 atom stereocenters. The van der Waals surface area contributed by atoms with Crippen LogP contribution in [-0.4, -0.2) is 23.8 Å². The molecule has 5 nitrogen and oxygen atoms in total. The van der Waals surface area contributed by atoms with Crippen LogP contribution >= 0.6 is 0 Å². The molecule has 1 aliphatic rings. The number of primary amides is 1. The van der Waals surface area contributed by atoms with E-state index in [1.807, 2.05) is 13.8 Å². The number of amides is 1. The van der Waals surface area contributed by atoms with Crippen molar-refractivity contribution in [2.75, 3.05) is 0 Å². The second-order valence-corrected chi connectivity index (χ2v) is 7.21. The van der Waals surface area contributed by atoms with E-state index in [1.165, 1.54) is 19.3 Å². The lowest BCUT2D eigenvalue weighted by molar-refractivity contribution is -0.186. The number of esters is 1. The molecule has 0 spiro atoms. The Morgan fingerprint density at radius 2 is 1.78 bits per heavy atom. The third kappa shape index (κ3) is 7.71. The van der Waals surface area contributed by atoms with Gasteiger partial charge < -0.3 is 15.2 Å². The lowest BCUT2D eigenvalue weighted by atomic mass is 9.87. The second kappa shape index (κ2) is 9.78. The number of cyclic esters (lactones) is 1. The van der Waals surface area contributed by atoms with E-state index in [1.54, 1.807) is 0 Å². The zero-order chi connectivity index (χ0) is 17.3. The first kappa shape index (κ1) is 19.8. The summed E-state index contributed by atoms with van der Waals surface area (Å²) in [5, 5.41) is 0. The largest absolute Gasteiger partial charge is 0.461 e. The van der Waals surface area contributed by atoms with E-state index in [0.717, 1.165) is 44.9 Å². The van der Waals surface area contributed by atoms with Gasteiger partial charge >= 0.3 is 12.1 Å². The maximum atomic E-state index is 11.5. The van der Waals surface area contributed by atoms with Gasteiger partial charge in [-0.1, -0.05) is 39.0 Å². The van der Waals surface area contributed by atoms with Gasteiger partial charge in [-0.05, 0) is 46.0 Å². The summed E-state index contributed by atoms with van der Waals surface area (Å²) >= 11 is 0. The minimum absolute atomic E-state index is 0.0116. The molecular weight excluding hydrogens is 294 g/mol. The van der Waals surface area contributed by atoms with Crippen molar-refractivity contribution in [3.8, 4) is 0 Å². The number of hydrogen-bond donors (Lipinski definition) is 1. The van der Waals surface area contributed by atoms with E-state index in [4.69, 9.17) is 15.2 Å². The molecule has 0 aromatic heterocycles. The first-order valence-electron chi connectivity index (χ1n) is 9.04. The second-order valence-electron chi connectivity index (χ2n) is 7.21. The van der Waals surface area contributed by atoms with Crippen molar-refractivity contribution in [1.82, 2.24) is 0 Å². The molecule has 1 rings (SSSR count). The summed E-state index contributed by atoms with van der Waals surface area (Å²) in [5.41, 5.74) is 4.55. The van der Waals surface area contributed by atoms with Gasteiger partial charge in [0.05, 0.1) is 5.92 Å². The zero-order valence-corrected chi connectivity index (χ0v) is 14.9. The fourth-order valence-corrected chi connectivity index (χ4v) is 3.15. The highest BCUT2D eigenvalue weighted by Crippen LogP contribution is 2.31. The Morgan fingerprint density at radius 3 is 2.39 bits per heavy atom. The van der Waals surface area contributed by atoms with Gasteiger partial charge in [0.15, 0.2) is 0 Å². The van der Waals surface area contributed by atoms with Crippen molar-refractivity contribution in [1.29, 1.82) is 0 Å². The number of carbonyl (C=O) groups is 2. The molecule has 0 radical (unpaired) electrons. The molecule has 1 fully saturated rings. The Kier molecular flexibility index (Phi) is 8.42. The van der Waals surface area contributed by atoms with Gasteiger partial charge in [-0.3, -0.25) is 4.79 Å². The number of ether oxygens (including phenoxy) is 2. The number of hydrogen-bond acceptors (Lipinski definition) is 4. The van der Waals surface area contributed by atoms with Crippen LogP contribution in [0.5, 0.6) is 0 Å². The molecule has 5 heteroatoms. The smallest absolute Gasteiger partial charge is 0.405 e. The number of unbranched alkanes of at least 4 members (excludes halogenated alkanes) is 5. The molecule has 1 amide bonds. The highest BCUT2D eigenvalue weighted by Gasteiger charge is 2.40. The van der Waals surface area contributed by atoms with Crippen LogP contribution in [0.4, 0.5) is 4.79 Å². The summed E-state index contributed by atoms with van der Waals surface area (Å²) in [6.45, 7) is 5.94. The molecule has 134 valence electrons. The quantitative estimate of drug-likeness (QED) is 0.427. The molecule has 1 aliphatic heterocycles. The first-order valence-corrected chi connectivity index (χ1v) is 9.04. The van der Waals surface area contributed by atoms with Gasteiger partial charge in [-0.25, -0.2) is 4.79 Å². The van der Waals surface area contributed by atoms with E-state index in [0.29, 0.717) is 0 Å². The monoisotopic (exact) mass is 327 g/mol. The fraction of sp³-hybridized carbons (Fsp3) is 0.889. The van der Waals surface area contributed by atoms with Crippen molar-refractivity contribution in [3.05, 3.63) is 0 Å². The van der Waals surface area contributed by atoms with Crippen LogP contribution < -0.4 is 5.73 Å². The van der Waals surface area contributed by atoms with E-state index in [2.05, 4.69) is 6.92 Å². The highest BCUT2D eigenvalue weighted by atomic mass is 16.6. The topological polar surface area (TPSA) is 78.6 Å². The fourth-order valence-electron chi connectivity index (χ4n) is 3.15. The van der Waals surface area contributed by atoms with Crippen LogP contribution in [0.15, 0.2) is 0 Å². The Bertz CT molecular complexity index is 381. The Balaban J connectivity index is 2.11. The lowest BCUT2D eigenvalue weighted by Gasteiger charge is -2.35. The summed E-state index contributed by atoms with van der Waals surface area (Å²) in [4.78, 5) is 22.3. The van der Waals surface area contributed by atoms with Crippen molar-refractivity contribution < 1.29 is 19.1 Å². The number of nitrogens with two attached hydrogens (primary N) is 1. The molecule has 2 N–H and O–H groups in total. The van der Waals surface area contributed by atoms with Crippen LogP contribution in [0.25, 0.3) is 0 Å². The average Bonchev–Trinajstić information content (AvgIpc) is 2.44. The molecule has 0 bridgehead atoms. The van der Waals surface area contributed by atoms with Gasteiger partial charge in [-0.2, -0.15) is 0 Å². The normalized spacial score (nSPS) is 20.7. The standard InChI is InChI=1S/C18H33NO4/c1-4-5-6-8-11-14-15(22-16(14)20)12-9-7-10-13-18(2,3)23-17(19)21/h14-15H,4-13H2,1-3H3,(H2,19,21). The molecule has 0 aliphatic carbocycles. The third-order valence-electron chi connectivity index (χ3n) is 4.53. The number of carbonyl (C=O) groups excluding carboxylic acids is 2. The van der Waals surface area contributed by atoms with Crippen molar-refractivity contribution in [2.45, 2.75) is 96.7 Å². The van der Waals surface area contributed by atoms with E-state index < -0.39 is 11.7 Å². The maximum absolute atomic E-state index is 11.5. The molecular formula is C18H33NO4. The van der Waals surface area contributed by atoms with Crippen LogP contribution in [0.3, 0.4) is 0 Å². The van der Waals surface area contributed by atoms with Gasteiger partial charge in [0.25, 0.3) is 0 Å². The molecule has 2 unspecified atom stereocenters. The summed E-state index contributed by atoms with van der Waals surface area (Å²) in [6, 6.07) is 0. The average molecular weight is 327 g/mol. The van der Waals surface area contributed by atoms with E-state index >= 15 is 0 Å². The van der Waals surface area contributed by atoms with Crippen molar-refractivity contribution in [3.63, 3.8) is 0 Å². The Morgan fingerprint density at radius 1 is 1.13 bits per heavy atom. The molecule has 1 saturated heterocycles. The minimum Gasteiger partial charge on any atom is -0.461 e. The summed E-state index contributed by atoms with van der Waals surface area (Å²) in [6.07, 6.45) is 9.97. The SMILES string of the molecule is CCCCCCC1C(=O)OC1CCCCCC(C)(C)OC(N)=O. The van der Waals surface area contributed by atoms with Gasteiger partial charge in [0.2, 0.25) is 0 Å². The van der Waals surface area contributed by atoms with Crippen LogP contribution in [0.1, 0.15) is 85.0 Å². The Labute approximate surface area is 140 Å². The predicted octanol–water partition coefficient (Wildman–Crippen LogP) is 4.32. The lowest BCUT2D eigenvalue weighted by Crippen LogP contribution is -2.44. The molecule has 23 heavy (non-hydrogen) atoms. The van der Waals surface area contributed by atoms with Gasteiger partial charge in [0.1, 0.15) is 11.7 Å². The van der Waals surface area contributed by atoms with E-state index in [9.17, 15) is 9.59 Å². The summed E-state index contributed by atoms with van der Waals surface area (Å²) in [7, 11) is 0. The van der Waals surface area contributed by atoms with E-state index in [-0.39, 0.29) is 18.0 Å². The van der Waals surface area contributed by atoms with Gasteiger partial charge in [0, 0.05) is 0 Å². The van der Waals surface area contributed by atoms with Gasteiger partial charge in [-0.15, -0.1) is 0 Å². The van der Waals surface area contributed by atoms with Crippen molar-refractivity contribution in [2.24, 2.45) is 11.7 Å². The molecule has 0 saturated carbocycles. The minimum atomic E-state index is -0.720. The van der Waals surface area contributed by atoms with Crippen LogP contribution in [0.2, 0.25) is 0 Å². The molecule has 0 aromatic carbocycles. The van der Waals surface area contributed by atoms with Crippen LogP contribution in [-0.2, 0) is 14.3 Å². The maximum Gasteiger partial charge on any atom is 0.405 e. The summed E-state index contributed by atoms with van der Waals surface area (Å²) < 4.78 is 10.3. The first-order chi connectivity index (χ1) is 10.9. The van der Waals surface area contributed by atoms with Crippen LogP contribution in [0, 0.1) is 5.92 Å². The highest BCUT2D eigenvalue weighted by molar-refractivity contribution is 5.78. The third-order valence-corrected chi connectivity index (χ3v) is 4.53. The predicted molar refractivity (Wildman–Crippen MR) is 90.0 cm³/mol. The zero-order valence-electron chi connectivity index (χ0n) is 14.9. The van der Waals surface area contributed by atoms with Crippen molar-refractivity contribution >= 4 is 12.1 Å². The Hall–Kier alpha value is -1.26.